The lowest BCUT2D eigenvalue weighted by Gasteiger charge is -2.15. The van der Waals surface area contributed by atoms with Gasteiger partial charge in [-0.05, 0) is 13.8 Å². The summed E-state index contributed by atoms with van der Waals surface area (Å²) in [6.45, 7) is 3.75. The SMILES string of the molecule is COC(C)=C(OC)C(C)OC. The third-order valence-corrected chi connectivity index (χ3v) is 1.60. The lowest BCUT2D eigenvalue weighted by atomic mass is 10.3. The largest absolute Gasteiger partial charge is 0.498 e. The Hall–Kier alpha value is -0.700. The fourth-order valence-corrected chi connectivity index (χ4v) is 0.804. The topological polar surface area (TPSA) is 27.7 Å². The first-order chi connectivity index (χ1) is 5.17. The van der Waals surface area contributed by atoms with Crippen molar-refractivity contribution in [1.29, 1.82) is 0 Å². The second kappa shape index (κ2) is 5.02. The smallest absolute Gasteiger partial charge is 0.161 e. The Bertz CT molecular complexity index is 140. The molecule has 0 spiro atoms. The van der Waals surface area contributed by atoms with E-state index < -0.39 is 0 Å². The number of ether oxygens (including phenoxy) is 3. The van der Waals surface area contributed by atoms with Gasteiger partial charge in [-0.2, -0.15) is 0 Å². The van der Waals surface area contributed by atoms with Gasteiger partial charge in [-0.25, -0.2) is 0 Å². The third kappa shape index (κ3) is 2.80. The van der Waals surface area contributed by atoms with Gasteiger partial charge in [0.1, 0.15) is 11.9 Å². The first-order valence-corrected chi connectivity index (χ1v) is 3.48. The Labute approximate surface area is 67.9 Å². The van der Waals surface area contributed by atoms with Crippen molar-refractivity contribution < 1.29 is 14.2 Å². The first kappa shape index (κ1) is 10.3. The molecule has 0 N–H and O–H groups in total. The monoisotopic (exact) mass is 160 g/mol. The Morgan fingerprint density at radius 2 is 1.64 bits per heavy atom. The molecule has 0 aromatic carbocycles. The third-order valence-electron chi connectivity index (χ3n) is 1.60. The molecule has 1 unspecified atom stereocenters. The van der Waals surface area contributed by atoms with Gasteiger partial charge in [-0.3, -0.25) is 0 Å². The number of allylic oxidation sites excluding steroid dienone is 1. The molecule has 0 aliphatic heterocycles. The fraction of sp³-hybridized carbons (Fsp3) is 0.750. The van der Waals surface area contributed by atoms with E-state index in [0.717, 1.165) is 11.5 Å². The maximum atomic E-state index is 5.09. The van der Waals surface area contributed by atoms with E-state index in [0.29, 0.717) is 0 Å². The zero-order valence-electron chi connectivity index (χ0n) is 7.80. The summed E-state index contributed by atoms with van der Waals surface area (Å²) in [6.07, 6.45) is -0.0556. The van der Waals surface area contributed by atoms with Crippen LogP contribution in [0.2, 0.25) is 0 Å². The number of rotatable bonds is 4. The van der Waals surface area contributed by atoms with Gasteiger partial charge in [0.2, 0.25) is 0 Å². The summed E-state index contributed by atoms with van der Waals surface area (Å²) in [4.78, 5) is 0. The Balaban J connectivity index is 4.36. The van der Waals surface area contributed by atoms with Crippen LogP contribution in [0.5, 0.6) is 0 Å². The van der Waals surface area contributed by atoms with Crippen LogP contribution in [0.4, 0.5) is 0 Å². The fourth-order valence-electron chi connectivity index (χ4n) is 0.804. The Morgan fingerprint density at radius 1 is 1.09 bits per heavy atom. The molecule has 0 bridgehead atoms. The highest BCUT2D eigenvalue weighted by molar-refractivity contribution is 5.03. The molecule has 0 radical (unpaired) electrons. The van der Waals surface area contributed by atoms with E-state index in [4.69, 9.17) is 14.2 Å². The van der Waals surface area contributed by atoms with Crippen LogP contribution in [-0.2, 0) is 14.2 Å². The maximum Gasteiger partial charge on any atom is 0.161 e. The van der Waals surface area contributed by atoms with Gasteiger partial charge >= 0.3 is 0 Å². The molecule has 11 heavy (non-hydrogen) atoms. The van der Waals surface area contributed by atoms with Crippen LogP contribution in [0, 0.1) is 0 Å². The summed E-state index contributed by atoms with van der Waals surface area (Å²) in [5.41, 5.74) is 0. The number of hydrogen-bond acceptors (Lipinski definition) is 3. The van der Waals surface area contributed by atoms with Crippen LogP contribution in [0.25, 0.3) is 0 Å². The molecule has 0 amide bonds. The number of hydrogen-bond donors (Lipinski definition) is 0. The van der Waals surface area contributed by atoms with Crippen molar-refractivity contribution in [2.24, 2.45) is 0 Å². The predicted molar refractivity (Wildman–Crippen MR) is 43.2 cm³/mol. The van der Waals surface area contributed by atoms with Gasteiger partial charge in [0.15, 0.2) is 5.76 Å². The molecule has 66 valence electrons. The number of methoxy groups -OCH3 is 3. The van der Waals surface area contributed by atoms with Crippen molar-refractivity contribution in [2.75, 3.05) is 21.3 Å². The average molecular weight is 160 g/mol. The van der Waals surface area contributed by atoms with Gasteiger partial charge in [0.05, 0.1) is 14.2 Å². The van der Waals surface area contributed by atoms with E-state index in [1.807, 2.05) is 13.8 Å². The molecule has 0 saturated heterocycles. The van der Waals surface area contributed by atoms with Crippen LogP contribution in [0.1, 0.15) is 13.8 Å². The normalized spacial score (nSPS) is 15.4. The molecule has 3 heteroatoms. The zero-order valence-corrected chi connectivity index (χ0v) is 7.80. The van der Waals surface area contributed by atoms with Crippen molar-refractivity contribution in [3.63, 3.8) is 0 Å². The van der Waals surface area contributed by atoms with Gasteiger partial charge < -0.3 is 14.2 Å². The second-order valence-electron chi connectivity index (χ2n) is 2.21. The van der Waals surface area contributed by atoms with Crippen LogP contribution in [-0.4, -0.2) is 27.4 Å². The van der Waals surface area contributed by atoms with Gasteiger partial charge in [-0.15, -0.1) is 0 Å². The van der Waals surface area contributed by atoms with Crippen LogP contribution in [0.15, 0.2) is 11.5 Å². The Kier molecular flexibility index (Phi) is 4.70. The van der Waals surface area contributed by atoms with E-state index >= 15 is 0 Å². The van der Waals surface area contributed by atoms with E-state index in [2.05, 4.69) is 0 Å². The van der Waals surface area contributed by atoms with Gasteiger partial charge in [0, 0.05) is 7.11 Å². The highest BCUT2D eigenvalue weighted by Crippen LogP contribution is 2.12. The molecular weight excluding hydrogens is 144 g/mol. The lowest BCUT2D eigenvalue weighted by molar-refractivity contribution is 0.0785. The quantitative estimate of drug-likeness (QED) is 0.584. The van der Waals surface area contributed by atoms with E-state index in [1.165, 1.54) is 0 Å². The minimum Gasteiger partial charge on any atom is -0.498 e. The van der Waals surface area contributed by atoms with Crippen LogP contribution < -0.4 is 0 Å². The van der Waals surface area contributed by atoms with E-state index in [9.17, 15) is 0 Å². The molecule has 0 aromatic rings. The van der Waals surface area contributed by atoms with Gasteiger partial charge in [-0.1, -0.05) is 0 Å². The standard InChI is InChI=1S/C8H16O3/c1-6(9-3)8(11-5)7(2)10-4/h6H,1-5H3. The molecular formula is C8H16O3. The lowest BCUT2D eigenvalue weighted by Crippen LogP contribution is -2.12. The zero-order chi connectivity index (χ0) is 8.85. The van der Waals surface area contributed by atoms with Gasteiger partial charge in [0.25, 0.3) is 0 Å². The average Bonchev–Trinajstić information content (AvgIpc) is 2.05. The minimum absolute atomic E-state index is 0.0556. The molecule has 0 fully saturated rings. The van der Waals surface area contributed by atoms with Crippen LogP contribution in [0.3, 0.4) is 0 Å². The molecule has 0 rings (SSSR count). The van der Waals surface area contributed by atoms with Crippen molar-refractivity contribution in [2.45, 2.75) is 20.0 Å². The minimum atomic E-state index is -0.0556. The molecule has 1 atom stereocenters. The summed E-state index contributed by atoms with van der Waals surface area (Å²) in [6, 6.07) is 0. The molecule has 0 saturated carbocycles. The van der Waals surface area contributed by atoms with Crippen molar-refractivity contribution >= 4 is 0 Å². The van der Waals surface area contributed by atoms with E-state index in [-0.39, 0.29) is 6.10 Å². The molecule has 3 nitrogen and oxygen atoms in total. The Morgan fingerprint density at radius 3 is 1.91 bits per heavy atom. The maximum absolute atomic E-state index is 5.09. The van der Waals surface area contributed by atoms with Crippen molar-refractivity contribution in [3.8, 4) is 0 Å². The summed E-state index contributed by atoms with van der Waals surface area (Å²) in [5.74, 6) is 1.48. The highest BCUT2D eigenvalue weighted by atomic mass is 16.5. The summed E-state index contributed by atoms with van der Waals surface area (Å²) in [7, 11) is 4.84. The predicted octanol–water partition coefficient (Wildman–Crippen LogP) is 1.55. The van der Waals surface area contributed by atoms with Crippen molar-refractivity contribution in [3.05, 3.63) is 11.5 Å². The van der Waals surface area contributed by atoms with Crippen LogP contribution >= 0.6 is 0 Å². The summed E-state index contributed by atoms with van der Waals surface area (Å²) in [5, 5.41) is 0. The highest BCUT2D eigenvalue weighted by Gasteiger charge is 2.11. The molecule has 0 aliphatic rings. The van der Waals surface area contributed by atoms with Crippen molar-refractivity contribution in [1.82, 2.24) is 0 Å². The molecule has 0 heterocycles. The molecule has 0 aromatic heterocycles. The second-order valence-corrected chi connectivity index (χ2v) is 2.21. The summed E-state index contributed by atoms with van der Waals surface area (Å²) < 4.78 is 15.1. The summed E-state index contributed by atoms with van der Waals surface area (Å²) >= 11 is 0. The van der Waals surface area contributed by atoms with E-state index in [1.54, 1.807) is 21.3 Å². The first-order valence-electron chi connectivity index (χ1n) is 3.48. The molecule has 0 aliphatic carbocycles.